The van der Waals surface area contributed by atoms with Crippen molar-refractivity contribution in [2.24, 2.45) is 33.0 Å². The van der Waals surface area contributed by atoms with Crippen LogP contribution in [0.3, 0.4) is 0 Å². The van der Waals surface area contributed by atoms with Crippen molar-refractivity contribution < 1.29 is 38.3 Å². The summed E-state index contributed by atoms with van der Waals surface area (Å²) in [6, 6.07) is 16.1. The van der Waals surface area contributed by atoms with Crippen molar-refractivity contribution in [2.45, 2.75) is 359 Å². The second kappa shape index (κ2) is 50.3. The average molecular weight is 1440 g/mol. The number of nitrogens with zero attached hydrogens (tertiary/aromatic N) is 5. The van der Waals surface area contributed by atoms with Gasteiger partial charge < -0.3 is 29.1 Å². The maximum atomic E-state index is 13.1. The van der Waals surface area contributed by atoms with Crippen LogP contribution in [-0.2, 0) is 41.5 Å². The Kier molecular flexibility index (Phi) is 45.4. The molecule has 0 bridgehead atoms. The Morgan fingerprint density at radius 1 is 0.495 bits per heavy atom. The van der Waals surface area contributed by atoms with Crippen molar-refractivity contribution in [3.63, 3.8) is 0 Å². The fourth-order valence-electron chi connectivity index (χ4n) is 15.2. The molecule has 592 valence electrons. The van der Waals surface area contributed by atoms with E-state index in [2.05, 4.69) is 114 Å². The number of ether oxygens (including phenoxy) is 2. The van der Waals surface area contributed by atoms with Crippen LogP contribution in [0.15, 0.2) is 48.5 Å². The Morgan fingerprint density at radius 3 is 1.43 bits per heavy atom. The number of amides is 5. The minimum atomic E-state index is -0.00954. The molecule has 2 saturated heterocycles. The minimum Gasteiger partial charge on any atom is -0.384 e. The van der Waals surface area contributed by atoms with Gasteiger partial charge in [-0.25, -0.2) is 5.06 Å². The molecule has 103 heavy (non-hydrogen) atoms. The molecule has 2 aromatic rings. The Bertz CT molecular complexity index is 2600. The third-order valence-corrected chi connectivity index (χ3v) is 22.0. The first-order valence-electron chi connectivity index (χ1n) is 42.0. The van der Waals surface area contributed by atoms with Crippen LogP contribution in [0.5, 0.6) is 0 Å². The highest BCUT2D eigenvalue weighted by Gasteiger charge is 2.36. The number of rotatable bonds is 38. The zero-order valence-corrected chi connectivity index (χ0v) is 70.1. The summed E-state index contributed by atoms with van der Waals surface area (Å²) in [6.45, 7) is 37.9. The average Bonchev–Trinajstić information content (AvgIpc) is 1.80. The molecule has 6 rings (SSSR count). The molecule has 4 fully saturated rings. The topological polar surface area (TPSA) is 129 Å². The summed E-state index contributed by atoms with van der Waals surface area (Å²) in [4.78, 5) is 76.8. The number of hydroxylamine groups is 2. The fraction of sp³-hybridized carbons (Fsp3) is 0.811. The van der Waals surface area contributed by atoms with E-state index in [0.29, 0.717) is 71.1 Å². The smallest absolute Gasteiger partial charge is 0.253 e. The number of likely N-dealkylation sites (N-methyl/N-ethyl adjacent to an activating group) is 1. The van der Waals surface area contributed by atoms with E-state index < -0.39 is 0 Å². The molecular weight excluding hydrogens is 1280 g/mol. The second-order valence-electron chi connectivity index (χ2n) is 36.6. The molecule has 0 N–H and O–H groups in total. The van der Waals surface area contributed by atoms with Crippen LogP contribution in [0.2, 0.25) is 0 Å². The summed E-state index contributed by atoms with van der Waals surface area (Å²) in [5.41, 5.74) is 5.94. The number of hydrogen-bond acceptors (Lipinski definition) is 8. The maximum absolute atomic E-state index is 13.1. The molecule has 0 radical (unpaired) electrons. The van der Waals surface area contributed by atoms with Crippen molar-refractivity contribution in [1.29, 1.82) is 0 Å². The highest BCUT2D eigenvalue weighted by Crippen LogP contribution is 2.39. The van der Waals surface area contributed by atoms with Gasteiger partial charge in [0.05, 0.1) is 25.4 Å². The van der Waals surface area contributed by atoms with Crippen LogP contribution in [0.1, 0.15) is 366 Å². The molecule has 2 saturated carbocycles. The van der Waals surface area contributed by atoms with E-state index in [1.165, 1.54) is 160 Å². The first-order valence-corrected chi connectivity index (χ1v) is 42.0. The lowest BCUT2D eigenvalue weighted by atomic mass is 9.86. The monoisotopic (exact) mass is 1440 g/mol. The number of carbonyl (C=O) groups is 5. The van der Waals surface area contributed by atoms with E-state index in [-0.39, 0.29) is 29.2 Å². The molecule has 2 aliphatic carbocycles. The molecule has 13 nitrogen and oxygen atoms in total. The summed E-state index contributed by atoms with van der Waals surface area (Å²) in [5.74, 6) is 1.79. The summed E-state index contributed by atoms with van der Waals surface area (Å²) in [5, 5.41) is 1.67. The molecular formula is C90H159N5O8. The molecule has 0 unspecified atom stereocenters. The Hall–Kier alpha value is -4.33. The summed E-state index contributed by atoms with van der Waals surface area (Å²) >= 11 is 0. The van der Waals surface area contributed by atoms with Crippen molar-refractivity contribution in [3.8, 4) is 0 Å². The fourth-order valence-corrected chi connectivity index (χ4v) is 15.2. The molecule has 0 spiro atoms. The number of aryl methyl sites for hydroxylation is 2. The van der Waals surface area contributed by atoms with E-state index >= 15 is 0 Å². The lowest BCUT2D eigenvalue weighted by molar-refractivity contribution is -0.204. The first kappa shape index (κ1) is 92.9. The van der Waals surface area contributed by atoms with Gasteiger partial charge in [0, 0.05) is 103 Å². The summed E-state index contributed by atoms with van der Waals surface area (Å²) in [7, 11) is 7.32. The van der Waals surface area contributed by atoms with Gasteiger partial charge in [0.25, 0.3) is 11.8 Å². The number of hydrogen-bond donors (Lipinski definition) is 0. The quantitative estimate of drug-likeness (QED) is 0.0480. The third kappa shape index (κ3) is 42.1. The van der Waals surface area contributed by atoms with Gasteiger partial charge in [-0.1, -0.05) is 243 Å². The van der Waals surface area contributed by atoms with Gasteiger partial charge in [0.1, 0.15) is 0 Å². The second-order valence-corrected chi connectivity index (χ2v) is 36.6. The van der Waals surface area contributed by atoms with Crippen LogP contribution in [0.4, 0.5) is 0 Å². The van der Waals surface area contributed by atoms with Crippen LogP contribution < -0.4 is 0 Å². The van der Waals surface area contributed by atoms with E-state index in [1.54, 1.807) is 31.2 Å². The predicted molar refractivity (Wildman–Crippen MR) is 433 cm³/mol. The summed E-state index contributed by atoms with van der Waals surface area (Å²) < 4.78 is 10.8. The lowest BCUT2D eigenvalue weighted by Crippen LogP contribution is -2.43. The van der Waals surface area contributed by atoms with Gasteiger partial charge in [0.15, 0.2) is 0 Å². The van der Waals surface area contributed by atoms with Gasteiger partial charge in [-0.15, -0.1) is 0 Å². The van der Waals surface area contributed by atoms with Crippen molar-refractivity contribution >= 4 is 29.5 Å². The van der Waals surface area contributed by atoms with Crippen LogP contribution >= 0.6 is 0 Å². The van der Waals surface area contributed by atoms with Gasteiger partial charge >= 0.3 is 0 Å². The van der Waals surface area contributed by atoms with Gasteiger partial charge in [-0.3, -0.25) is 28.8 Å². The van der Waals surface area contributed by atoms with Crippen LogP contribution in [-0.4, -0.2) is 147 Å². The molecule has 2 heterocycles. The molecule has 0 atom stereocenters. The van der Waals surface area contributed by atoms with E-state index in [9.17, 15) is 24.0 Å². The van der Waals surface area contributed by atoms with Gasteiger partial charge in [-0.2, -0.15) is 0 Å². The standard InChI is InChI=1S/C29H48N2O3.C22H35NO.C21H41NO2.C18H35NO2/c1-6-24-15-14-16-25(23-24)28(33)30(5)21-22-34-31(26-17-10-9-11-18-26)27(32)19-12-7-8-13-20-29(2,3)4;1-5-18-10-8-11-20(17-18)21(24)23-15-12-19(13-16-23)9-6-7-14-22(2,3)4;1-20(2,3)14-10-8-6-7-9-13-19(23)22(4)17-21(18-24-5)15-11-12-16-21;1-18(2,3)13-9-7-5-6-8-10-17(20)19-14-11-16(21-4)12-15-19/h14-16,23,26H,6-13,17-22H2,1-5H3;8,10-11,17,19H,5-7,9,12-16H2,1-4H3;6-18H2,1-5H3;16H,5-15H2,1-4H3. The molecule has 5 amide bonds. The van der Waals surface area contributed by atoms with E-state index in [4.69, 9.17) is 14.3 Å². The lowest BCUT2D eigenvalue weighted by Gasteiger charge is -2.33. The SMILES string of the molecule is CCc1cccc(C(=O)N(C)CCON(C(=O)CCCCCCC(C)(C)C)C2CCCCC2)c1.CCc1cccc(C(=O)N2CCC(CCCCC(C)(C)C)CC2)c1.COC1CCN(C(=O)CCCCCCCC(C)(C)C)CC1.COCC1(CN(C)C(=O)CCCCCCCC(C)(C)C)CCCC1. The number of piperidine rings is 2. The van der Waals surface area contributed by atoms with Crippen molar-refractivity contribution in [2.75, 3.05) is 80.8 Å². The number of carbonyl (C=O) groups excluding carboxylic acids is 5. The largest absolute Gasteiger partial charge is 0.384 e. The number of unbranched alkanes of at least 4 members (excludes halogenated alkanes) is 12. The van der Waals surface area contributed by atoms with Gasteiger partial charge in [0.2, 0.25) is 17.7 Å². The number of methoxy groups -OCH3 is 2. The van der Waals surface area contributed by atoms with Crippen LogP contribution in [0.25, 0.3) is 0 Å². The Labute approximate surface area is 633 Å². The molecule has 4 aliphatic rings. The Balaban J connectivity index is 0.000000363. The maximum Gasteiger partial charge on any atom is 0.253 e. The Morgan fingerprint density at radius 2 is 0.942 bits per heavy atom. The zero-order chi connectivity index (χ0) is 76.3. The van der Waals surface area contributed by atoms with Crippen molar-refractivity contribution in [1.82, 2.24) is 24.7 Å². The highest BCUT2D eigenvalue weighted by molar-refractivity contribution is 5.95. The van der Waals surface area contributed by atoms with E-state index in [1.807, 2.05) is 53.2 Å². The number of likely N-dealkylation sites (tertiary alicyclic amines) is 2. The summed E-state index contributed by atoms with van der Waals surface area (Å²) in [6.07, 6.45) is 44.9. The zero-order valence-electron chi connectivity index (χ0n) is 70.1. The molecule has 2 aliphatic heterocycles. The highest BCUT2D eigenvalue weighted by atomic mass is 16.7. The van der Waals surface area contributed by atoms with Crippen LogP contribution in [0, 0.1) is 33.0 Å². The normalized spacial score (nSPS) is 16.2. The molecule has 2 aromatic carbocycles. The predicted octanol–water partition coefficient (Wildman–Crippen LogP) is 22.3. The third-order valence-electron chi connectivity index (χ3n) is 22.0. The van der Waals surface area contributed by atoms with E-state index in [0.717, 1.165) is 140 Å². The first-order chi connectivity index (χ1) is 48.8. The van der Waals surface area contributed by atoms with Gasteiger partial charge in [-0.05, 0) is 172 Å². The molecule has 0 aromatic heterocycles. The number of benzene rings is 2. The molecule has 13 heteroatoms. The van der Waals surface area contributed by atoms with Crippen molar-refractivity contribution in [3.05, 3.63) is 70.8 Å². The minimum absolute atomic E-state index is 0.00954.